The lowest BCUT2D eigenvalue weighted by atomic mass is 9.96. The average molecular weight is 236 g/mol. The molecule has 0 spiro atoms. The molecule has 0 heterocycles. The van der Waals surface area contributed by atoms with E-state index >= 15 is 0 Å². The summed E-state index contributed by atoms with van der Waals surface area (Å²) in [6, 6.07) is 5.11. The van der Waals surface area contributed by atoms with Crippen molar-refractivity contribution >= 4 is 11.6 Å². The molecule has 0 aliphatic carbocycles. The highest BCUT2D eigenvalue weighted by atomic mass is 19.1. The van der Waals surface area contributed by atoms with Gasteiger partial charge in [0.1, 0.15) is 0 Å². The van der Waals surface area contributed by atoms with Crippen molar-refractivity contribution in [2.75, 3.05) is 0 Å². The van der Waals surface area contributed by atoms with E-state index in [0.717, 1.165) is 11.1 Å². The molecule has 0 saturated heterocycles. The summed E-state index contributed by atoms with van der Waals surface area (Å²) >= 11 is 0. The fraction of sp³-hybridized carbons (Fsp3) is 0.429. The van der Waals surface area contributed by atoms with Gasteiger partial charge in [0.2, 0.25) is 12.0 Å². The monoisotopic (exact) mass is 236 g/mol. The molecule has 0 N–H and O–H groups in total. The smallest absolute Gasteiger partial charge is 0.221 e. The molecule has 1 atom stereocenters. The third kappa shape index (κ3) is 3.22. The van der Waals surface area contributed by atoms with Crippen molar-refractivity contribution in [3.8, 4) is 0 Å². The number of ketones is 2. The number of carbonyl (C=O) groups is 2. The van der Waals surface area contributed by atoms with Gasteiger partial charge in [-0.25, -0.2) is 4.39 Å². The molecule has 1 aromatic carbocycles. The van der Waals surface area contributed by atoms with Gasteiger partial charge in [0.05, 0.1) is 0 Å². The summed E-state index contributed by atoms with van der Waals surface area (Å²) in [5, 5.41) is 0. The number of benzene rings is 1. The number of halogens is 1. The van der Waals surface area contributed by atoms with Crippen LogP contribution in [0.4, 0.5) is 4.39 Å². The quantitative estimate of drug-likeness (QED) is 0.594. The largest absolute Gasteiger partial charge is 0.296 e. The summed E-state index contributed by atoms with van der Waals surface area (Å²) in [5.41, 5.74) is 2.04. The first kappa shape index (κ1) is 13.6. The third-order valence-corrected chi connectivity index (χ3v) is 2.56. The van der Waals surface area contributed by atoms with E-state index in [1.54, 1.807) is 26.0 Å². The van der Waals surface area contributed by atoms with Gasteiger partial charge in [0, 0.05) is 11.5 Å². The van der Waals surface area contributed by atoms with Crippen molar-refractivity contribution in [3.05, 3.63) is 34.9 Å². The number of alkyl halides is 1. The Hall–Kier alpha value is -1.51. The topological polar surface area (TPSA) is 34.1 Å². The molecule has 0 saturated carbocycles. The molecule has 0 aliphatic rings. The third-order valence-electron chi connectivity index (χ3n) is 2.56. The van der Waals surface area contributed by atoms with Crippen LogP contribution in [-0.4, -0.2) is 17.7 Å². The fourth-order valence-electron chi connectivity index (χ4n) is 1.69. The van der Waals surface area contributed by atoms with Gasteiger partial charge < -0.3 is 0 Å². The molecule has 92 valence electrons. The zero-order chi connectivity index (χ0) is 13.2. The highest BCUT2D eigenvalue weighted by Gasteiger charge is 2.28. The molecule has 0 bridgehead atoms. The van der Waals surface area contributed by atoms with Crippen molar-refractivity contribution in [1.82, 2.24) is 0 Å². The lowest BCUT2D eigenvalue weighted by Gasteiger charge is -2.10. The van der Waals surface area contributed by atoms with Crippen LogP contribution in [0.5, 0.6) is 0 Å². The zero-order valence-electron chi connectivity index (χ0n) is 10.6. The molecule has 2 nitrogen and oxygen atoms in total. The Labute approximate surface area is 101 Å². The minimum absolute atomic E-state index is 0.268. The molecule has 0 aliphatic heterocycles. The van der Waals surface area contributed by atoms with Crippen LogP contribution in [0.2, 0.25) is 0 Å². The Morgan fingerprint density at radius 3 is 1.94 bits per heavy atom. The van der Waals surface area contributed by atoms with Crippen LogP contribution in [0, 0.1) is 19.8 Å². The molecule has 1 aromatic rings. The number of hydrogen-bond acceptors (Lipinski definition) is 2. The Kier molecular flexibility index (Phi) is 4.16. The minimum atomic E-state index is -2.05. The summed E-state index contributed by atoms with van der Waals surface area (Å²) in [7, 11) is 0. The normalized spacial score (nSPS) is 12.6. The number of Topliss-reactive ketones (excluding diaryl/α,β-unsaturated/α-hetero) is 2. The molecular formula is C14H17FO2. The summed E-state index contributed by atoms with van der Waals surface area (Å²) in [6.07, 6.45) is -2.05. The maximum Gasteiger partial charge on any atom is 0.221 e. The molecule has 0 aromatic heterocycles. The first-order valence-electron chi connectivity index (χ1n) is 5.63. The molecule has 0 fully saturated rings. The van der Waals surface area contributed by atoms with Crippen LogP contribution >= 0.6 is 0 Å². The Morgan fingerprint density at radius 1 is 1.06 bits per heavy atom. The molecule has 0 amide bonds. The van der Waals surface area contributed by atoms with E-state index in [4.69, 9.17) is 0 Å². The van der Waals surface area contributed by atoms with Crippen LogP contribution in [0.1, 0.15) is 35.3 Å². The first-order valence-corrected chi connectivity index (χ1v) is 5.63. The van der Waals surface area contributed by atoms with E-state index in [9.17, 15) is 14.0 Å². The van der Waals surface area contributed by atoms with Gasteiger partial charge in [-0.15, -0.1) is 0 Å². The lowest BCUT2D eigenvalue weighted by molar-refractivity contribution is -0.125. The Bertz CT molecular complexity index is 429. The molecular weight excluding hydrogens is 219 g/mol. The van der Waals surface area contributed by atoms with Crippen molar-refractivity contribution < 1.29 is 14.0 Å². The lowest BCUT2D eigenvalue weighted by Crippen LogP contribution is -2.29. The number of carbonyl (C=O) groups excluding carboxylic acids is 2. The second kappa shape index (κ2) is 5.21. The van der Waals surface area contributed by atoms with Gasteiger partial charge in [-0.3, -0.25) is 9.59 Å². The maximum atomic E-state index is 13.7. The van der Waals surface area contributed by atoms with Gasteiger partial charge in [0.25, 0.3) is 0 Å². The predicted octanol–water partition coefficient (Wildman–Crippen LogP) is 3.05. The van der Waals surface area contributed by atoms with Crippen molar-refractivity contribution in [2.24, 2.45) is 5.92 Å². The molecule has 17 heavy (non-hydrogen) atoms. The van der Waals surface area contributed by atoms with E-state index in [2.05, 4.69) is 0 Å². The van der Waals surface area contributed by atoms with E-state index in [1.165, 1.54) is 0 Å². The number of aryl methyl sites for hydroxylation is 2. The van der Waals surface area contributed by atoms with Gasteiger partial charge in [-0.2, -0.15) is 0 Å². The summed E-state index contributed by atoms with van der Waals surface area (Å²) in [4.78, 5) is 23.2. The summed E-state index contributed by atoms with van der Waals surface area (Å²) in [5.74, 6) is -1.87. The summed E-state index contributed by atoms with van der Waals surface area (Å²) in [6.45, 7) is 6.84. The second-order valence-corrected chi connectivity index (χ2v) is 4.66. The Balaban J connectivity index is 3.00. The highest BCUT2D eigenvalue weighted by molar-refractivity contribution is 6.13. The Morgan fingerprint density at radius 2 is 1.53 bits per heavy atom. The van der Waals surface area contributed by atoms with E-state index in [1.807, 2.05) is 19.9 Å². The van der Waals surface area contributed by atoms with Gasteiger partial charge in [-0.05, 0) is 26.0 Å². The van der Waals surface area contributed by atoms with Crippen molar-refractivity contribution in [3.63, 3.8) is 0 Å². The van der Waals surface area contributed by atoms with Crippen LogP contribution < -0.4 is 0 Å². The fourth-order valence-corrected chi connectivity index (χ4v) is 1.69. The molecule has 0 radical (unpaired) electrons. The standard InChI is InChI=1S/C14H17FO2/c1-8(2)13(16)12(15)14(17)11-6-9(3)5-10(4)7-11/h5-8,12H,1-4H3. The summed E-state index contributed by atoms with van der Waals surface area (Å²) < 4.78 is 13.7. The SMILES string of the molecule is Cc1cc(C)cc(C(=O)C(F)C(=O)C(C)C)c1. The predicted molar refractivity (Wildman–Crippen MR) is 65.0 cm³/mol. The first-order chi connectivity index (χ1) is 7.82. The minimum Gasteiger partial charge on any atom is -0.296 e. The maximum absolute atomic E-state index is 13.7. The van der Waals surface area contributed by atoms with E-state index in [0.29, 0.717) is 0 Å². The molecule has 1 rings (SSSR count). The van der Waals surface area contributed by atoms with Gasteiger partial charge in [0.15, 0.2) is 5.78 Å². The zero-order valence-corrected chi connectivity index (χ0v) is 10.6. The van der Waals surface area contributed by atoms with Crippen LogP contribution in [0.15, 0.2) is 18.2 Å². The van der Waals surface area contributed by atoms with E-state index < -0.39 is 23.7 Å². The van der Waals surface area contributed by atoms with Crippen molar-refractivity contribution in [1.29, 1.82) is 0 Å². The molecule has 3 heteroatoms. The van der Waals surface area contributed by atoms with Crippen molar-refractivity contribution in [2.45, 2.75) is 33.9 Å². The van der Waals surface area contributed by atoms with Crippen LogP contribution in [-0.2, 0) is 4.79 Å². The highest BCUT2D eigenvalue weighted by Crippen LogP contribution is 2.15. The molecule has 1 unspecified atom stereocenters. The van der Waals surface area contributed by atoms with Crippen LogP contribution in [0.3, 0.4) is 0 Å². The number of rotatable bonds is 4. The average Bonchev–Trinajstić information content (AvgIpc) is 2.24. The van der Waals surface area contributed by atoms with Gasteiger partial charge >= 0.3 is 0 Å². The van der Waals surface area contributed by atoms with Gasteiger partial charge in [-0.1, -0.05) is 31.0 Å². The second-order valence-electron chi connectivity index (χ2n) is 4.66. The van der Waals surface area contributed by atoms with E-state index in [-0.39, 0.29) is 5.56 Å². The number of hydrogen-bond donors (Lipinski definition) is 0. The van der Waals surface area contributed by atoms with Crippen LogP contribution in [0.25, 0.3) is 0 Å².